The maximum Gasteiger partial charge on any atom is 0.252 e. The second kappa shape index (κ2) is 12.2. The van der Waals surface area contributed by atoms with Crippen LogP contribution in [-0.2, 0) is 16.0 Å². The number of hydrogen-bond donors (Lipinski definition) is 3. The quantitative estimate of drug-likeness (QED) is 0.523. The number of carbonyl (C=O) groups is 2. The van der Waals surface area contributed by atoms with Crippen LogP contribution in [0.3, 0.4) is 0 Å². The van der Waals surface area contributed by atoms with E-state index in [-0.39, 0.29) is 24.9 Å². The van der Waals surface area contributed by atoms with Crippen molar-refractivity contribution in [1.82, 2.24) is 10.6 Å². The molecule has 0 aliphatic heterocycles. The van der Waals surface area contributed by atoms with Gasteiger partial charge >= 0.3 is 0 Å². The van der Waals surface area contributed by atoms with Crippen LogP contribution in [-0.4, -0.2) is 48.8 Å². The van der Waals surface area contributed by atoms with Crippen molar-refractivity contribution in [1.29, 1.82) is 0 Å². The number of rotatable bonds is 11. The summed E-state index contributed by atoms with van der Waals surface area (Å²) in [6.07, 6.45) is -0.645. The molecule has 0 unspecified atom stereocenters. The predicted molar refractivity (Wildman–Crippen MR) is 113 cm³/mol. The first kappa shape index (κ1) is 22.9. The first-order chi connectivity index (χ1) is 14.0. The molecule has 2 atom stereocenters. The van der Waals surface area contributed by atoms with Crippen molar-refractivity contribution < 1.29 is 19.4 Å². The minimum atomic E-state index is -0.956. The molecule has 2 aromatic carbocycles. The van der Waals surface area contributed by atoms with Gasteiger partial charge in [0.2, 0.25) is 5.91 Å². The van der Waals surface area contributed by atoms with Gasteiger partial charge in [0.1, 0.15) is 6.10 Å². The van der Waals surface area contributed by atoms with E-state index in [4.69, 9.17) is 16.3 Å². The molecule has 0 aromatic heterocycles. The molecule has 2 amide bonds. The van der Waals surface area contributed by atoms with E-state index in [1.807, 2.05) is 30.3 Å². The smallest absolute Gasteiger partial charge is 0.252 e. The van der Waals surface area contributed by atoms with Crippen LogP contribution in [0.1, 0.15) is 29.3 Å². The van der Waals surface area contributed by atoms with E-state index in [1.165, 1.54) is 0 Å². The van der Waals surface area contributed by atoms with E-state index >= 15 is 0 Å². The molecule has 0 saturated carbocycles. The maximum absolute atomic E-state index is 12.3. The van der Waals surface area contributed by atoms with E-state index < -0.39 is 12.2 Å². The normalized spacial score (nSPS) is 12.8. The Morgan fingerprint density at radius 2 is 1.72 bits per heavy atom. The van der Waals surface area contributed by atoms with Gasteiger partial charge < -0.3 is 20.5 Å². The molecule has 2 rings (SSSR count). The average molecular weight is 419 g/mol. The van der Waals surface area contributed by atoms with Gasteiger partial charge in [-0.05, 0) is 31.0 Å². The highest BCUT2D eigenvalue weighted by Crippen LogP contribution is 2.14. The Labute approximate surface area is 176 Å². The summed E-state index contributed by atoms with van der Waals surface area (Å²) in [6, 6.07) is 16.4. The summed E-state index contributed by atoms with van der Waals surface area (Å²) in [7, 11) is 0. The third-order valence-corrected chi connectivity index (χ3v) is 4.71. The third-order valence-electron chi connectivity index (χ3n) is 4.38. The van der Waals surface area contributed by atoms with Crippen molar-refractivity contribution in [3.8, 4) is 0 Å². The van der Waals surface area contributed by atoms with Gasteiger partial charge in [-0.2, -0.15) is 0 Å². The lowest BCUT2D eigenvalue weighted by molar-refractivity contribution is -0.122. The predicted octanol–water partition coefficient (Wildman–Crippen LogP) is 2.58. The zero-order chi connectivity index (χ0) is 21.1. The van der Waals surface area contributed by atoms with Crippen molar-refractivity contribution >= 4 is 23.4 Å². The Bertz CT molecular complexity index is 785. The van der Waals surface area contributed by atoms with Crippen LogP contribution in [0.2, 0.25) is 5.02 Å². The Hall–Kier alpha value is -2.41. The topological polar surface area (TPSA) is 87.7 Å². The fraction of sp³-hybridized carbons (Fsp3) is 0.364. The van der Waals surface area contributed by atoms with E-state index in [2.05, 4.69) is 10.6 Å². The molecule has 0 fully saturated rings. The van der Waals surface area contributed by atoms with Crippen LogP contribution >= 0.6 is 11.6 Å². The van der Waals surface area contributed by atoms with E-state index in [0.717, 1.165) is 5.56 Å². The molecule has 0 aliphatic carbocycles. The number of ether oxygens (including phenoxy) is 1. The molecular weight excluding hydrogens is 392 g/mol. The van der Waals surface area contributed by atoms with Gasteiger partial charge in [0.05, 0.1) is 16.7 Å². The molecule has 0 radical (unpaired) electrons. The molecule has 156 valence electrons. The van der Waals surface area contributed by atoms with E-state index in [0.29, 0.717) is 30.0 Å². The Balaban J connectivity index is 1.79. The van der Waals surface area contributed by atoms with Gasteiger partial charge in [-0.25, -0.2) is 0 Å². The number of nitrogens with one attached hydrogen (secondary N) is 2. The largest absolute Gasteiger partial charge is 0.388 e. The van der Waals surface area contributed by atoms with Crippen molar-refractivity contribution in [2.45, 2.75) is 32.0 Å². The van der Waals surface area contributed by atoms with Gasteiger partial charge in [0.15, 0.2) is 0 Å². The summed E-state index contributed by atoms with van der Waals surface area (Å²) in [5, 5.41) is 16.2. The summed E-state index contributed by atoms with van der Waals surface area (Å²) < 4.78 is 5.53. The Morgan fingerprint density at radius 1 is 1.03 bits per heavy atom. The van der Waals surface area contributed by atoms with Crippen molar-refractivity contribution in [3.63, 3.8) is 0 Å². The third kappa shape index (κ3) is 7.85. The fourth-order valence-corrected chi connectivity index (χ4v) is 3.02. The second-order valence-corrected chi connectivity index (χ2v) is 6.95. The van der Waals surface area contributed by atoms with Gasteiger partial charge in [-0.3, -0.25) is 9.59 Å². The molecule has 2 aromatic rings. The minimum absolute atomic E-state index is 0.0419. The van der Waals surface area contributed by atoms with E-state index in [9.17, 15) is 14.7 Å². The number of halogens is 1. The van der Waals surface area contributed by atoms with Crippen molar-refractivity contribution in [3.05, 3.63) is 70.7 Å². The summed E-state index contributed by atoms with van der Waals surface area (Å²) >= 11 is 6.03. The molecule has 0 aliphatic rings. The zero-order valence-electron chi connectivity index (χ0n) is 16.4. The number of aryl methyl sites for hydroxylation is 1. The van der Waals surface area contributed by atoms with Crippen LogP contribution in [0.5, 0.6) is 0 Å². The monoisotopic (exact) mass is 418 g/mol. The Kier molecular flexibility index (Phi) is 9.64. The molecule has 0 spiro atoms. The molecule has 7 heteroatoms. The number of carbonyl (C=O) groups excluding carboxylic acids is 2. The average Bonchev–Trinajstić information content (AvgIpc) is 2.74. The first-order valence-corrected chi connectivity index (χ1v) is 10.0. The van der Waals surface area contributed by atoms with E-state index in [1.54, 1.807) is 31.2 Å². The number of amides is 2. The highest BCUT2D eigenvalue weighted by atomic mass is 35.5. The summed E-state index contributed by atoms with van der Waals surface area (Å²) in [5.74, 6) is -0.498. The Morgan fingerprint density at radius 3 is 2.41 bits per heavy atom. The van der Waals surface area contributed by atoms with Crippen LogP contribution in [0.4, 0.5) is 0 Å². The molecule has 0 heterocycles. The highest BCUT2D eigenvalue weighted by Gasteiger charge is 2.22. The van der Waals surface area contributed by atoms with Gasteiger partial charge in [-0.15, -0.1) is 0 Å². The van der Waals surface area contributed by atoms with Crippen LogP contribution in [0.15, 0.2) is 54.6 Å². The first-order valence-electron chi connectivity index (χ1n) is 9.64. The summed E-state index contributed by atoms with van der Waals surface area (Å²) in [5.41, 5.74) is 1.44. The number of aliphatic hydroxyl groups excluding tert-OH is 1. The van der Waals surface area contributed by atoms with Crippen LogP contribution < -0.4 is 10.6 Å². The molecule has 0 bridgehead atoms. The zero-order valence-corrected chi connectivity index (χ0v) is 17.2. The standard InChI is InChI=1S/C22H27ClN2O4/c1-2-29-20(15-25-22(28)17-10-6-7-11-18(17)23)19(26)14-24-21(27)13-12-16-8-4-3-5-9-16/h3-11,19-20,26H,2,12-15H2,1H3,(H,24,27)(H,25,28)/t19-,20+/m0/s1. The maximum atomic E-state index is 12.3. The van der Waals surface area contributed by atoms with Gasteiger partial charge in [0.25, 0.3) is 5.91 Å². The van der Waals surface area contributed by atoms with Gasteiger partial charge in [-0.1, -0.05) is 54.1 Å². The minimum Gasteiger partial charge on any atom is -0.388 e. The fourth-order valence-electron chi connectivity index (χ4n) is 2.79. The number of hydrogen-bond acceptors (Lipinski definition) is 4. The lowest BCUT2D eigenvalue weighted by Crippen LogP contribution is -2.46. The molecule has 29 heavy (non-hydrogen) atoms. The highest BCUT2D eigenvalue weighted by molar-refractivity contribution is 6.33. The van der Waals surface area contributed by atoms with Crippen LogP contribution in [0.25, 0.3) is 0 Å². The lowest BCUT2D eigenvalue weighted by atomic mass is 10.1. The van der Waals surface area contributed by atoms with Crippen molar-refractivity contribution in [2.75, 3.05) is 19.7 Å². The molecule has 6 nitrogen and oxygen atoms in total. The SMILES string of the molecule is CCO[C@H](CNC(=O)c1ccccc1Cl)[C@@H](O)CNC(=O)CCc1ccccc1. The summed E-state index contributed by atoms with van der Waals surface area (Å²) in [4.78, 5) is 24.3. The number of benzene rings is 2. The van der Waals surface area contributed by atoms with Crippen molar-refractivity contribution in [2.24, 2.45) is 0 Å². The molecular formula is C22H27ClN2O4. The lowest BCUT2D eigenvalue weighted by Gasteiger charge is -2.23. The second-order valence-electron chi connectivity index (χ2n) is 6.54. The molecule has 0 saturated heterocycles. The van der Waals surface area contributed by atoms with Crippen LogP contribution in [0, 0.1) is 0 Å². The molecule has 3 N–H and O–H groups in total. The summed E-state index contributed by atoms with van der Waals surface area (Å²) in [6.45, 7) is 2.30. The van der Waals surface area contributed by atoms with Gasteiger partial charge in [0, 0.05) is 26.1 Å². The number of aliphatic hydroxyl groups is 1.